The lowest BCUT2D eigenvalue weighted by atomic mass is 9.83. The summed E-state index contributed by atoms with van der Waals surface area (Å²) in [5.41, 5.74) is 0.0150. The molecule has 0 fully saturated rings. The highest BCUT2D eigenvalue weighted by atomic mass is 35.5. The van der Waals surface area contributed by atoms with Crippen LogP contribution in [0.5, 0.6) is 0 Å². The van der Waals surface area contributed by atoms with E-state index in [2.05, 4.69) is 6.58 Å². The van der Waals surface area contributed by atoms with Crippen LogP contribution in [0.3, 0.4) is 0 Å². The molecule has 0 bridgehead atoms. The molecule has 0 heterocycles. The number of rotatable bonds is 3. The molecule has 0 atom stereocenters. The number of halogens is 1. The van der Waals surface area contributed by atoms with Gasteiger partial charge in [0.15, 0.2) is 0 Å². The molecule has 0 amide bonds. The van der Waals surface area contributed by atoms with Gasteiger partial charge in [-0.2, -0.15) is 0 Å². The van der Waals surface area contributed by atoms with Crippen molar-refractivity contribution in [1.82, 2.24) is 6.15 Å². The number of carbonyl (C=O) groups is 1. The molecule has 0 aromatic carbocycles. The summed E-state index contributed by atoms with van der Waals surface area (Å²) in [6, 6.07) is 0. The Balaban J connectivity index is -0.000000405. The summed E-state index contributed by atoms with van der Waals surface area (Å²) in [4.78, 5) is 10.4. The Morgan fingerprint density at radius 1 is 1.50 bits per heavy atom. The molecular weight excluding hydrogens is 178 g/mol. The number of hydrogen-bond acceptors (Lipinski definition) is 2. The monoisotopic (exact) mass is 195 g/mol. The standard InChI is InChI=1S/C8H14O2.ClH.H3N/c1-5-8(3,4)6(2)7(9)10;;/h2,5H2,1,3-4H3,(H,9,10);1H;1H3. The van der Waals surface area contributed by atoms with Crippen molar-refractivity contribution in [3.8, 4) is 0 Å². The number of carboxylic acids is 1. The minimum atomic E-state index is -0.896. The van der Waals surface area contributed by atoms with Crippen LogP contribution in [-0.2, 0) is 4.79 Å². The van der Waals surface area contributed by atoms with E-state index in [1.165, 1.54) is 0 Å². The van der Waals surface area contributed by atoms with Crippen molar-refractivity contribution in [2.45, 2.75) is 27.2 Å². The van der Waals surface area contributed by atoms with E-state index in [1.807, 2.05) is 20.8 Å². The lowest BCUT2D eigenvalue weighted by Gasteiger charge is -2.21. The number of aliphatic carboxylic acids is 1. The number of hydrogen-bond donors (Lipinski definition) is 2. The topological polar surface area (TPSA) is 72.3 Å². The first-order valence-corrected chi connectivity index (χ1v) is 3.34. The zero-order chi connectivity index (χ0) is 8.36. The van der Waals surface area contributed by atoms with E-state index in [9.17, 15) is 4.79 Å². The van der Waals surface area contributed by atoms with Crippen molar-refractivity contribution in [2.75, 3.05) is 0 Å². The van der Waals surface area contributed by atoms with E-state index >= 15 is 0 Å². The third-order valence-corrected chi connectivity index (χ3v) is 1.96. The Morgan fingerprint density at radius 3 is 1.92 bits per heavy atom. The Morgan fingerprint density at radius 2 is 1.83 bits per heavy atom. The third-order valence-electron chi connectivity index (χ3n) is 1.96. The van der Waals surface area contributed by atoms with Gasteiger partial charge in [0, 0.05) is 5.57 Å². The van der Waals surface area contributed by atoms with Crippen molar-refractivity contribution >= 4 is 18.4 Å². The first-order valence-electron chi connectivity index (χ1n) is 3.34. The normalized spacial score (nSPS) is 9.25. The zero-order valence-corrected chi connectivity index (χ0v) is 8.70. The van der Waals surface area contributed by atoms with E-state index in [1.54, 1.807) is 0 Å². The maximum atomic E-state index is 10.4. The van der Waals surface area contributed by atoms with Crippen molar-refractivity contribution in [1.29, 1.82) is 0 Å². The van der Waals surface area contributed by atoms with Gasteiger partial charge in [0.2, 0.25) is 0 Å². The molecular formula is C8H18ClNO2. The van der Waals surface area contributed by atoms with Crippen LogP contribution >= 0.6 is 12.4 Å². The molecule has 0 aliphatic rings. The van der Waals surface area contributed by atoms with Gasteiger partial charge in [-0.25, -0.2) is 4.79 Å². The molecule has 0 saturated carbocycles. The highest BCUT2D eigenvalue weighted by Gasteiger charge is 2.23. The van der Waals surface area contributed by atoms with Gasteiger partial charge in [0.1, 0.15) is 0 Å². The molecule has 0 spiro atoms. The molecule has 4 heteroatoms. The Hall–Kier alpha value is -0.540. The van der Waals surface area contributed by atoms with E-state index in [-0.39, 0.29) is 29.5 Å². The smallest absolute Gasteiger partial charge is 0.331 e. The Bertz CT molecular complexity index is 166. The summed E-state index contributed by atoms with van der Waals surface area (Å²) < 4.78 is 0. The molecule has 74 valence electrons. The molecule has 0 unspecified atom stereocenters. The predicted octanol–water partition coefficient (Wildman–Crippen LogP) is 2.65. The maximum Gasteiger partial charge on any atom is 0.331 e. The van der Waals surface area contributed by atoms with Gasteiger partial charge >= 0.3 is 5.97 Å². The van der Waals surface area contributed by atoms with Gasteiger partial charge in [-0.1, -0.05) is 27.4 Å². The molecule has 0 aromatic rings. The van der Waals surface area contributed by atoms with Crippen LogP contribution in [0.4, 0.5) is 0 Å². The average molecular weight is 196 g/mol. The minimum Gasteiger partial charge on any atom is -0.478 e. The molecule has 0 aromatic heterocycles. The second-order valence-electron chi connectivity index (χ2n) is 3.02. The molecule has 4 N–H and O–H groups in total. The minimum absolute atomic E-state index is 0. The van der Waals surface area contributed by atoms with Crippen LogP contribution in [0, 0.1) is 5.41 Å². The van der Waals surface area contributed by atoms with Gasteiger partial charge in [-0.05, 0) is 11.8 Å². The number of carboxylic acid groups (broad SMARTS) is 1. The molecule has 0 aliphatic carbocycles. The van der Waals surface area contributed by atoms with E-state index in [4.69, 9.17) is 5.11 Å². The van der Waals surface area contributed by atoms with Gasteiger partial charge in [-0.15, -0.1) is 12.4 Å². The molecule has 0 radical (unpaired) electrons. The van der Waals surface area contributed by atoms with Gasteiger partial charge in [-0.3, -0.25) is 0 Å². The van der Waals surface area contributed by atoms with Crippen molar-refractivity contribution in [3.63, 3.8) is 0 Å². The fraction of sp³-hybridized carbons (Fsp3) is 0.625. The summed E-state index contributed by atoms with van der Waals surface area (Å²) in [5.74, 6) is -0.896. The maximum absolute atomic E-state index is 10.4. The van der Waals surface area contributed by atoms with Gasteiger partial charge < -0.3 is 11.3 Å². The van der Waals surface area contributed by atoms with Crippen molar-refractivity contribution < 1.29 is 9.90 Å². The molecule has 3 nitrogen and oxygen atoms in total. The van der Waals surface area contributed by atoms with E-state index < -0.39 is 5.97 Å². The molecule has 12 heavy (non-hydrogen) atoms. The first kappa shape index (κ1) is 17.5. The van der Waals surface area contributed by atoms with Crippen molar-refractivity contribution in [3.05, 3.63) is 12.2 Å². The second kappa shape index (κ2) is 6.03. The van der Waals surface area contributed by atoms with Gasteiger partial charge in [0.05, 0.1) is 0 Å². The quantitative estimate of drug-likeness (QED) is 0.680. The summed E-state index contributed by atoms with van der Waals surface area (Å²) in [6.07, 6.45) is 0.804. The summed E-state index contributed by atoms with van der Waals surface area (Å²) in [7, 11) is 0. The summed E-state index contributed by atoms with van der Waals surface area (Å²) in [6.45, 7) is 9.21. The van der Waals surface area contributed by atoms with Crippen LogP contribution in [0.15, 0.2) is 12.2 Å². The van der Waals surface area contributed by atoms with E-state index in [0.29, 0.717) is 0 Å². The van der Waals surface area contributed by atoms with Crippen molar-refractivity contribution in [2.24, 2.45) is 5.41 Å². The largest absolute Gasteiger partial charge is 0.478 e. The SMILES string of the molecule is C=C(C(=O)O)C(C)(C)CC.Cl.N. The van der Waals surface area contributed by atoms with Crippen LogP contribution in [0.1, 0.15) is 27.2 Å². The van der Waals surface area contributed by atoms with Crippen LogP contribution < -0.4 is 6.15 Å². The molecule has 0 saturated heterocycles. The van der Waals surface area contributed by atoms with Crippen LogP contribution in [0.25, 0.3) is 0 Å². The molecule has 0 rings (SSSR count). The van der Waals surface area contributed by atoms with Crippen LogP contribution in [0.2, 0.25) is 0 Å². The zero-order valence-electron chi connectivity index (χ0n) is 7.89. The molecule has 0 aliphatic heterocycles. The highest BCUT2D eigenvalue weighted by molar-refractivity contribution is 5.87. The van der Waals surface area contributed by atoms with Gasteiger partial charge in [0.25, 0.3) is 0 Å². The fourth-order valence-corrected chi connectivity index (χ4v) is 0.503. The predicted molar refractivity (Wildman–Crippen MR) is 53.1 cm³/mol. The Kier molecular flexibility index (Phi) is 8.80. The lowest BCUT2D eigenvalue weighted by Crippen LogP contribution is -2.18. The lowest BCUT2D eigenvalue weighted by molar-refractivity contribution is -0.133. The summed E-state index contributed by atoms with van der Waals surface area (Å²) in [5, 5.41) is 8.55. The van der Waals surface area contributed by atoms with Crippen LogP contribution in [-0.4, -0.2) is 11.1 Å². The Labute approximate surface area is 79.8 Å². The fourth-order valence-electron chi connectivity index (χ4n) is 0.503. The average Bonchev–Trinajstić information content (AvgIpc) is 1.86. The third kappa shape index (κ3) is 4.36. The second-order valence-corrected chi connectivity index (χ2v) is 3.02. The van der Waals surface area contributed by atoms with E-state index in [0.717, 1.165) is 6.42 Å². The summed E-state index contributed by atoms with van der Waals surface area (Å²) >= 11 is 0. The first-order chi connectivity index (χ1) is 4.41. The highest BCUT2D eigenvalue weighted by Crippen LogP contribution is 2.28.